The van der Waals surface area contributed by atoms with Crippen LogP contribution in [0.4, 0.5) is 10.6 Å². The Hall–Kier alpha value is -2.38. The quantitative estimate of drug-likeness (QED) is 0.849. The SMILES string of the molecule is Cc1cnc(C)c(N2CCN(C(=O)CNC(=O)N(C)C)CC2)n1. The van der Waals surface area contributed by atoms with Crippen molar-refractivity contribution in [3.8, 4) is 0 Å². The topological polar surface area (TPSA) is 81.7 Å². The Bertz CT molecular complexity index is 581. The molecule has 0 unspecified atom stereocenters. The number of urea groups is 1. The fraction of sp³-hybridized carbons (Fsp3) is 0.600. The van der Waals surface area contributed by atoms with Gasteiger partial charge in [0.15, 0.2) is 0 Å². The third-order valence-corrected chi connectivity index (χ3v) is 3.78. The Morgan fingerprint density at radius 3 is 2.48 bits per heavy atom. The Morgan fingerprint density at radius 2 is 1.87 bits per heavy atom. The van der Waals surface area contributed by atoms with Crippen molar-refractivity contribution in [3.05, 3.63) is 17.6 Å². The van der Waals surface area contributed by atoms with Crippen LogP contribution in [-0.2, 0) is 4.79 Å². The summed E-state index contributed by atoms with van der Waals surface area (Å²) in [7, 11) is 3.29. The van der Waals surface area contributed by atoms with E-state index in [1.54, 1.807) is 25.2 Å². The minimum Gasteiger partial charge on any atom is -0.352 e. The van der Waals surface area contributed by atoms with E-state index in [4.69, 9.17) is 0 Å². The van der Waals surface area contributed by atoms with E-state index in [1.165, 1.54) is 4.90 Å². The van der Waals surface area contributed by atoms with Gasteiger partial charge in [0.25, 0.3) is 0 Å². The first-order valence-corrected chi connectivity index (χ1v) is 7.66. The number of nitrogens with one attached hydrogen (secondary N) is 1. The van der Waals surface area contributed by atoms with Crippen LogP contribution in [0, 0.1) is 13.8 Å². The van der Waals surface area contributed by atoms with E-state index in [2.05, 4.69) is 20.2 Å². The van der Waals surface area contributed by atoms with Gasteiger partial charge in [0.05, 0.1) is 17.9 Å². The second-order valence-electron chi connectivity index (χ2n) is 5.84. The van der Waals surface area contributed by atoms with E-state index in [9.17, 15) is 9.59 Å². The molecular formula is C15H24N6O2. The lowest BCUT2D eigenvalue weighted by molar-refractivity contribution is -0.130. The van der Waals surface area contributed by atoms with Crippen molar-refractivity contribution in [2.24, 2.45) is 0 Å². The van der Waals surface area contributed by atoms with E-state index in [-0.39, 0.29) is 18.5 Å². The summed E-state index contributed by atoms with van der Waals surface area (Å²) in [6, 6.07) is -0.261. The standard InChI is InChI=1S/C15H24N6O2/c1-11-9-16-12(2)14(18-11)21-7-5-20(6-8-21)13(22)10-17-15(23)19(3)4/h9H,5-8,10H2,1-4H3,(H,17,23). The van der Waals surface area contributed by atoms with Gasteiger partial charge in [-0.2, -0.15) is 0 Å². The van der Waals surface area contributed by atoms with Crippen molar-refractivity contribution in [2.75, 3.05) is 51.7 Å². The van der Waals surface area contributed by atoms with Crippen molar-refractivity contribution in [1.29, 1.82) is 0 Å². The lowest BCUT2D eigenvalue weighted by Crippen LogP contribution is -2.52. The van der Waals surface area contributed by atoms with Gasteiger partial charge in [-0.3, -0.25) is 9.78 Å². The molecule has 0 saturated carbocycles. The Morgan fingerprint density at radius 1 is 1.22 bits per heavy atom. The molecular weight excluding hydrogens is 296 g/mol. The molecule has 0 aromatic carbocycles. The predicted molar refractivity (Wildman–Crippen MR) is 87.4 cm³/mol. The van der Waals surface area contributed by atoms with Crippen LogP contribution in [0.15, 0.2) is 6.20 Å². The number of anilines is 1. The van der Waals surface area contributed by atoms with Gasteiger partial charge < -0.3 is 20.0 Å². The number of carbonyl (C=O) groups is 2. The van der Waals surface area contributed by atoms with Crippen LogP contribution < -0.4 is 10.2 Å². The maximum Gasteiger partial charge on any atom is 0.317 e. The summed E-state index contributed by atoms with van der Waals surface area (Å²) in [5.41, 5.74) is 1.78. The number of nitrogens with zero attached hydrogens (tertiary/aromatic N) is 5. The molecule has 0 aliphatic carbocycles. The van der Waals surface area contributed by atoms with Crippen molar-refractivity contribution < 1.29 is 9.59 Å². The van der Waals surface area contributed by atoms with E-state index < -0.39 is 0 Å². The third kappa shape index (κ3) is 4.30. The fourth-order valence-corrected chi connectivity index (χ4v) is 2.41. The van der Waals surface area contributed by atoms with Crippen molar-refractivity contribution in [1.82, 2.24) is 25.1 Å². The van der Waals surface area contributed by atoms with Gasteiger partial charge in [-0.05, 0) is 13.8 Å². The normalized spacial score (nSPS) is 14.6. The summed E-state index contributed by atoms with van der Waals surface area (Å²) < 4.78 is 0. The summed E-state index contributed by atoms with van der Waals surface area (Å²) in [4.78, 5) is 37.8. The van der Waals surface area contributed by atoms with Crippen LogP contribution in [0.1, 0.15) is 11.4 Å². The number of hydrogen-bond acceptors (Lipinski definition) is 5. The van der Waals surface area contributed by atoms with Gasteiger partial charge in [0, 0.05) is 46.5 Å². The molecule has 0 atom stereocenters. The number of hydrogen-bond donors (Lipinski definition) is 1. The summed E-state index contributed by atoms with van der Waals surface area (Å²) in [5, 5.41) is 2.60. The molecule has 1 fully saturated rings. The molecule has 8 heteroatoms. The monoisotopic (exact) mass is 320 g/mol. The molecule has 1 aromatic heterocycles. The molecule has 2 rings (SSSR count). The minimum absolute atomic E-state index is 0.0281. The molecule has 1 N–H and O–H groups in total. The van der Waals surface area contributed by atoms with Crippen LogP contribution in [0.2, 0.25) is 0 Å². The predicted octanol–water partition coefficient (Wildman–Crippen LogP) is 0.0132. The molecule has 23 heavy (non-hydrogen) atoms. The lowest BCUT2D eigenvalue weighted by Gasteiger charge is -2.36. The highest BCUT2D eigenvalue weighted by Crippen LogP contribution is 2.17. The average Bonchev–Trinajstić information content (AvgIpc) is 2.54. The molecule has 1 aliphatic heterocycles. The van der Waals surface area contributed by atoms with Crippen LogP contribution in [0.3, 0.4) is 0 Å². The molecule has 1 saturated heterocycles. The fourth-order valence-electron chi connectivity index (χ4n) is 2.41. The third-order valence-electron chi connectivity index (χ3n) is 3.78. The molecule has 2 heterocycles. The highest BCUT2D eigenvalue weighted by atomic mass is 16.2. The first-order chi connectivity index (χ1) is 10.9. The molecule has 1 aliphatic rings. The smallest absolute Gasteiger partial charge is 0.317 e. The Kier molecular flexibility index (Phi) is 5.36. The molecule has 1 aromatic rings. The maximum absolute atomic E-state index is 12.1. The van der Waals surface area contributed by atoms with E-state index in [0.717, 1.165) is 17.2 Å². The first kappa shape index (κ1) is 17.0. The second-order valence-corrected chi connectivity index (χ2v) is 5.84. The molecule has 0 radical (unpaired) electrons. The number of amides is 3. The molecule has 126 valence electrons. The zero-order chi connectivity index (χ0) is 17.0. The largest absolute Gasteiger partial charge is 0.352 e. The van der Waals surface area contributed by atoms with Crippen molar-refractivity contribution in [2.45, 2.75) is 13.8 Å². The molecule has 0 spiro atoms. The number of rotatable bonds is 3. The highest BCUT2D eigenvalue weighted by Gasteiger charge is 2.23. The summed E-state index contributed by atoms with van der Waals surface area (Å²) in [6.07, 6.45) is 1.76. The summed E-state index contributed by atoms with van der Waals surface area (Å²) in [5.74, 6) is 0.824. The van der Waals surface area contributed by atoms with Crippen molar-refractivity contribution in [3.63, 3.8) is 0 Å². The molecule has 0 bridgehead atoms. The minimum atomic E-state index is -0.261. The van der Waals surface area contributed by atoms with E-state index in [1.807, 2.05) is 13.8 Å². The Balaban J connectivity index is 1.87. The summed E-state index contributed by atoms with van der Waals surface area (Å²) in [6.45, 7) is 6.55. The number of aromatic nitrogens is 2. The van der Waals surface area contributed by atoms with Crippen molar-refractivity contribution >= 4 is 17.8 Å². The lowest BCUT2D eigenvalue weighted by atomic mass is 10.2. The van der Waals surface area contributed by atoms with Gasteiger partial charge in [-0.15, -0.1) is 0 Å². The number of piperazine rings is 1. The van der Waals surface area contributed by atoms with E-state index >= 15 is 0 Å². The van der Waals surface area contributed by atoms with Crippen LogP contribution in [0.25, 0.3) is 0 Å². The van der Waals surface area contributed by atoms with Gasteiger partial charge in [0.1, 0.15) is 5.82 Å². The summed E-state index contributed by atoms with van der Waals surface area (Å²) >= 11 is 0. The average molecular weight is 320 g/mol. The zero-order valence-electron chi connectivity index (χ0n) is 14.2. The van der Waals surface area contributed by atoms with Crippen LogP contribution in [0.5, 0.6) is 0 Å². The van der Waals surface area contributed by atoms with Gasteiger partial charge in [-0.25, -0.2) is 9.78 Å². The zero-order valence-corrected chi connectivity index (χ0v) is 14.2. The second kappa shape index (κ2) is 7.26. The number of aryl methyl sites for hydroxylation is 2. The van der Waals surface area contributed by atoms with Crippen LogP contribution in [-0.4, -0.2) is 78.5 Å². The first-order valence-electron chi connectivity index (χ1n) is 7.66. The van der Waals surface area contributed by atoms with Gasteiger partial charge in [-0.1, -0.05) is 0 Å². The molecule has 3 amide bonds. The Labute approximate surface area is 136 Å². The number of carbonyl (C=O) groups excluding carboxylic acids is 2. The van der Waals surface area contributed by atoms with E-state index in [0.29, 0.717) is 26.2 Å². The van der Waals surface area contributed by atoms with Gasteiger partial charge >= 0.3 is 6.03 Å². The van der Waals surface area contributed by atoms with Gasteiger partial charge in [0.2, 0.25) is 5.91 Å². The van der Waals surface area contributed by atoms with Crippen LogP contribution >= 0.6 is 0 Å². The molecule has 8 nitrogen and oxygen atoms in total. The highest BCUT2D eigenvalue weighted by molar-refractivity contribution is 5.84. The maximum atomic E-state index is 12.1.